The molecule has 12 heteroatoms. The highest BCUT2D eigenvalue weighted by atomic mass is 35.5. The molecule has 192 valence electrons. The summed E-state index contributed by atoms with van der Waals surface area (Å²) in [5.74, 6) is 4.16. The van der Waals surface area contributed by atoms with Crippen LogP contribution in [0.2, 0.25) is 5.02 Å². The number of primary amides is 1. The van der Waals surface area contributed by atoms with E-state index in [4.69, 9.17) is 31.2 Å². The number of nitrogens with one attached hydrogen (secondary N) is 2. The number of fused-ring (bicyclic) bond motifs is 1. The molecule has 0 aliphatic heterocycles. The van der Waals surface area contributed by atoms with E-state index in [-0.39, 0.29) is 45.6 Å². The number of pyridine rings is 1. The van der Waals surface area contributed by atoms with Gasteiger partial charge >= 0.3 is 12.2 Å². The molecule has 2 heterocycles. The molecule has 10 nitrogen and oxygen atoms in total. The second-order valence-corrected chi connectivity index (χ2v) is 7.88. The van der Waals surface area contributed by atoms with Crippen LogP contribution in [-0.2, 0) is 4.74 Å². The standard InChI is InChI=1S/C26H18ClFN4O6/c1-2-36-25(34)32-24-22(38-26(35)31-16-8-9-19(28)18(27)13-16)17-11-12-30-20(21(17)37-24)10-5-14-3-6-15(7-4-14)23(29)33/h3-4,6-9,11-13H,2H2,1H3,(H2,29,33)(H,31,35)(H,32,34). The molecule has 4 N–H and O–H groups in total. The smallest absolute Gasteiger partial charge is 0.417 e. The van der Waals surface area contributed by atoms with Crippen molar-refractivity contribution in [2.75, 3.05) is 17.2 Å². The van der Waals surface area contributed by atoms with Crippen molar-refractivity contribution in [3.05, 3.63) is 82.4 Å². The molecule has 2 aromatic heterocycles. The van der Waals surface area contributed by atoms with Crippen LogP contribution in [0.15, 0.2) is 59.1 Å². The molecule has 4 aromatic rings. The predicted octanol–water partition coefficient (Wildman–Crippen LogP) is 5.30. The van der Waals surface area contributed by atoms with E-state index in [1.54, 1.807) is 19.1 Å². The van der Waals surface area contributed by atoms with Crippen molar-refractivity contribution in [2.24, 2.45) is 5.73 Å². The Morgan fingerprint density at radius 2 is 1.84 bits per heavy atom. The van der Waals surface area contributed by atoms with Gasteiger partial charge in [0.25, 0.3) is 0 Å². The van der Waals surface area contributed by atoms with Crippen molar-refractivity contribution in [3.63, 3.8) is 0 Å². The maximum absolute atomic E-state index is 13.4. The van der Waals surface area contributed by atoms with Gasteiger partial charge < -0.3 is 19.6 Å². The molecule has 2 aromatic carbocycles. The summed E-state index contributed by atoms with van der Waals surface area (Å²) >= 11 is 5.76. The van der Waals surface area contributed by atoms with E-state index in [0.717, 1.165) is 6.07 Å². The number of nitrogens with zero attached hydrogens (tertiary/aromatic N) is 1. The first-order valence-electron chi connectivity index (χ1n) is 11.0. The zero-order valence-electron chi connectivity index (χ0n) is 19.6. The van der Waals surface area contributed by atoms with Gasteiger partial charge in [0.05, 0.1) is 17.0 Å². The van der Waals surface area contributed by atoms with Gasteiger partial charge in [0.1, 0.15) is 5.82 Å². The number of hydrogen-bond acceptors (Lipinski definition) is 7. The van der Waals surface area contributed by atoms with Gasteiger partial charge in [-0.3, -0.25) is 15.4 Å². The van der Waals surface area contributed by atoms with Crippen molar-refractivity contribution in [1.29, 1.82) is 0 Å². The molecule has 0 atom stereocenters. The predicted molar refractivity (Wildman–Crippen MR) is 137 cm³/mol. The summed E-state index contributed by atoms with van der Waals surface area (Å²) in [6, 6.07) is 11.4. The van der Waals surface area contributed by atoms with E-state index in [0.29, 0.717) is 11.1 Å². The molecular formula is C26H18ClFN4O6. The summed E-state index contributed by atoms with van der Waals surface area (Å²) in [7, 11) is 0. The Kier molecular flexibility index (Phi) is 7.74. The Balaban J connectivity index is 1.68. The zero-order valence-corrected chi connectivity index (χ0v) is 20.4. The molecule has 38 heavy (non-hydrogen) atoms. The number of ether oxygens (including phenoxy) is 2. The number of anilines is 2. The number of carbonyl (C=O) groups excluding carboxylic acids is 3. The highest BCUT2D eigenvalue weighted by Crippen LogP contribution is 2.38. The molecule has 0 aliphatic carbocycles. The maximum Gasteiger partial charge on any atom is 0.417 e. The fraction of sp³-hybridized carbons (Fsp3) is 0.0769. The van der Waals surface area contributed by atoms with Gasteiger partial charge in [-0.25, -0.2) is 19.0 Å². The van der Waals surface area contributed by atoms with Crippen molar-refractivity contribution in [1.82, 2.24) is 4.98 Å². The van der Waals surface area contributed by atoms with Gasteiger partial charge in [-0.1, -0.05) is 17.5 Å². The van der Waals surface area contributed by atoms with Crippen LogP contribution in [-0.4, -0.2) is 29.7 Å². The van der Waals surface area contributed by atoms with Gasteiger partial charge in [0.15, 0.2) is 11.3 Å². The van der Waals surface area contributed by atoms with Crippen LogP contribution in [0.5, 0.6) is 5.75 Å². The summed E-state index contributed by atoms with van der Waals surface area (Å²) in [6.07, 6.45) is -0.407. The van der Waals surface area contributed by atoms with Crippen LogP contribution in [0.25, 0.3) is 11.0 Å². The molecular weight excluding hydrogens is 519 g/mol. The summed E-state index contributed by atoms with van der Waals surface area (Å²) in [5.41, 5.74) is 6.62. The van der Waals surface area contributed by atoms with E-state index >= 15 is 0 Å². The third kappa shape index (κ3) is 6.00. The van der Waals surface area contributed by atoms with Crippen molar-refractivity contribution < 1.29 is 32.7 Å². The summed E-state index contributed by atoms with van der Waals surface area (Å²) in [4.78, 5) is 40.2. The Bertz CT molecular complexity index is 1610. The topological polar surface area (TPSA) is 146 Å². The number of nitrogens with two attached hydrogens (primary N) is 1. The largest absolute Gasteiger partial charge is 0.450 e. The highest BCUT2D eigenvalue weighted by molar-refractivity contribution is 6.31. The molecule has 0 radical (unpaired) electrons. The Morgan fingerprint density at radius 3 is 2.53 bits per heavy atom. The van der Waals surface area contributed by atoms with Crippen LogP contribution in [0.1, 0.15) is 28.5 Å². The van der Waals surface area contributed by atoms with Gasteiger partial charge in [0, 0.05) is 23.0 Å². The third-order valence-corrected chi connectivity index (χ3v) is 5.20. The number of furan rings is 1. The molecule has 0 fully saturated rings. The van der Waals surface area contributed by atoms with Gasteiger partial charge in [-0.15, -0.1) is 0 Å². The van der Waals surface area contributed by atoms with Crippen molar-refractivity contribution >= 4 is 52.2 Å². The molecule has 0 aliphatic rings. The zero-order chi connectivity index (χ0) is 27.2. The van der Waals surface area contributed by atoms with E-state index in [9.17, 15) is 18.8 Å². The lowest BCUT2D eigenvalue weighted by Gasteiger charge is -2.08. The first kappa shape index (κ1) is 26.0. The minimum Gasteiger partial charge on any atom is -0.450 e. The number of carbonyl (C=O) groups is 3. The number of benzene rings is 2. The molecule has 0 saturated heterocycles. The molecule has 0 bridgehead atoms. The molecule has 0 saturated carbocycles. The van der Waals surface area contributed by atoms with Crippen LogP contribution >= 0.6 is 11.6 Å². The lowest BCUT2D eigenvalue weighted by Crippen LogP contribution is -2.18. The molecule has 3 amide bonds. The molecule has 4 rings (SSSR count). The summed E-state index contributed by atoms with van der Waals surface area (Å²) in [6.45, 7) is 1.70. The normalized spacial score (nSPS) is 10.3. The molecule has 0 unspecified atom stereocenters. The molecule has 0 spiro atoms. The van der Waals surface area contributed by atoms with E-state index < -0.39 is 23.9 Å². The lowest BCUT2D eigenvalue weighted by atomic mass is 10.1. The van der Waals surface area contributed by atoms with E-state index in [1.165, 1.54) is 36.5 Å². The fourth-order valence-corrected chi connectivity index (χ4v) is 3.37. The van der Waals surface area contributed by atoms with Crippen molar-refractivity contribution in [3.8, 4) is 17.6 Å². The number of halogens is 2. The van der Waals surface area contributed by atoms with Crippen molar-refractivity contribution in [2.45, 2.75) is 6.92 Å². The number of rotatable bonds is 5. The first-order chi connectivity index (χ1) is 18.2. The van der Waals surface area contributed by atoms with Gasteiger partial charge in [-0.05, 0) is 61.4 Å². The number of aromatic nitrogens is 1. The van der Waals surface area contributed by atoms with Crippen LogP contribution < -0.4 is 21.1 Å². The average Bonchev–Trinajstić information content (AvgIpc) is 3.22. The van der Waals surface area contributed by atoms with Crippen LogP contribution in [0.3, 0.4) is 0 Å². The highest BCUT2D eigenvalue weighted by Gasteiger charge is 2.23. The Morgan fingerprint density at radius 1 is 1.08 bits per heavy atom. The SMILES string of the molecule is CCOC(=O)Nc1oc2c(C#Cc3ccc(C(N)=O)cc3)nccc2c1OC(=O)Nc1ccc(F)c(Cl)c1. The van der Waals surface area contributed by atoms with Gasteiger partial charge in [0.2, 0.25) is 17.5 Å². The van der Waals surface area contributed by atoms with E-state index in [1.807, 2.05) is 0 Å². The lowest BCUT2D eigenvalue weighted by molar-refractivity contribution is 0.1000. The minimum atomic E-state index is -0.971. The third-order valence-electron chi connectivity index (χ3n) is 4.91. The fourth-order valence-electron chi connectivity index (χ4n) is 3.19. The van der Waals surface area contributed by atoms with E-state index in [2.05, 4.69) is 27.5 Å². The number of amides is 3. The van der Waals surface area contributed by atoms with Crippen LogP contribution in [0.4, 0.5) is 25.6 Å². The average molecular weight is 537 g/mol. The Hall–Kier alpha value is -5.08. The second kappa shape index (κ2) is 11.3. The summed E-state index contributed by atoms with van der Waals surface area (Å²) < 4.78 is 29.5. The van der Waals surface area contributed by atoms with Gasteiger partial charge in [-0.2, -0.15) is 0 Å². The maximum atomic E-state index is 13.4. The summed E-state index contributed by atoms with van der Waals surface area (Å²) in [5, 5.41) is 4.88. The number of hydrogen-bond donors (Lipinski definition) is 3. The minimum absolute atomic E-state index is 0.0842. The Labute approximate surface area is 219 Å². The van der Waals surface area contributed by atoms with Crippen LogP contribution in [0, 0.1) is 17.7 Å². The monoisotopic (exact) mass is 536 g/mol. The quantitative estimate of drug-likeness (QED) is 0.293. The first-order valence-corrected chi connectivity index (χ1v) is 11.3. The second-order valence-electron chi connectivity index (χ2n) is 7.48.